The fourth-order valence-electron chi connectivity index (χ4n) is 4.91. The summed E-state index contributed by atoms with van der Waals surface area (Å²) < 4.78 is 2.16. The lowest BCUT2D eigenvalue weighted by Crippen LogP contribution is -2.43. The second-order valence-electron chi connectivity index (χ2n) is 8.98. The summed E-state index contributed by atoms with van der Waals surface area (Å²) in [5, 5.41) is 0.624. The molecule has 1 saturated carbocycles. The van der Waals surface area contributed by atoms with Gasteiger partial charge in [-0.05, 0) is 56.0 Å². The zero-order valence-corrected chi connectivity index (χ0v) is 19.0. The SMILES string of the molecule is Cc1nc2ccccc2n1Cc1ccc(C(=O)N(C)C2CCN(C3CCC3)C2)cc1Cl. The molecule has 2 aromatic carbocycles. The fourth-order valence-corrected chi connectivity index (χ4v) is 5.15. The summed E-state index contributed by atoms with van der Waals surface area (Å²) in [5.74, 6) is 1.01. The van der Waals surface area contributed by atoms with Crippen LogP contribution in [0.3, 0.4) is 0 Å². The summed E-state index contributed by atoms with van der Waals surface area (Å²) in [6.07, 6.45) is 5.03. The van der Waals surface area contributed by atoms with Crippen molar-refractivity contribution in [3.05, 3.63) is 64.4 Å². The Kier molecular flexibility index (Phi) is 5.49. The Balaban J connectivity index is 1.31. The molecule has 0 radical (unpaired) electrons. The number of carbonyl (C=O) groups is 1. The van der Waals surface area contributed by atoms with Gasteiger partial charge in [-0.1, -0.05) is 36.2 Å². The van der Waals surface area contributed by atoms with E-state index < -0.39 is 0 Å². The molecule has 2 aliphatic rings. The van der Waals surface area contributed by atoms with E-state index in [1.54, 1.807) is 0 Å². The Morgan fingerprint density at radius 3 is 2.74 bits per heavy atom. The topological polar surface area (TPSA) is 41.4 Å². The number of likely N-dealkylation sites (N-methyl/N-ethyl adjacent to an activating group) is 1. The summed E-state index contributed by atoms with van der Waals surface area (Å²) in [6, 6.07) is 14.9. The highest BCUT2D eigenvalue weighted by Gasteiger charge is 2.34. The molecule has 1 aromatic heterocycles. The number of aromatic nitrogens is 2. The quantitative estimate of drug-likeness (QED) is 0.579. The molecule has 1 aliphatic heterocycles. The number of aryl methyl sites for hydroxylation is 1. The van der Waals surface area contributed by atoms with E-state index in [2.05, 4.69) is 20.5 Å². The van der Waals surface area contributed by atoms with Gasteiger partial charge in [0.15, 0.2) is 0 Å². The third kappa shape index (κ3) is 3.85. The molecule has 0 spiro atoms. The highest BCUT2D eigenvalue weighted by atomic mass is 35.5. The lowest BCUT2D eigenvalue weighted by molar-refractivity contribution is 0.0720. The molecule has 1 aliphatic carbocycles. The van der Waals surface area contributed by atoms with Gasteiger partial charge in [-0.3, -0.25) is 9.69 Å². The number of amides is 1. The lowest BCUT2D eigenvalue weighted by Gasteiger charge is -2.35. The lowest BCUT2D eigenvalue weighted by atomic mass is 9.92. The first-order valence-corrected chi connectivity index (χ1v) is 11.6. The zero-order valence-electron chi connectivity index (χ0n) is 18.2. The fraction of sp³-hybridized carbons (Fsp3) is 0.440. The maximum Gasteiger partial charge on any atom is 0.253 e. The molecule has 0 bridgehead atoms. The summed E-state index contributed by atoms with van der Waals surface area (Å²) in [6.45, 7) is 4.74. The summed E-state index contributed by atoms with van der Waals surface area (Å²) in [5.41, 5.74) is 3.72. The van der Waals surface area contributed by atoms with Crippen LogP contribution in [0.1, 0.15) is 47.4 Å². The number of hydrogen-bond donors (Lipinski definition) is 0. The van der Waals surface area contributed by atoms with Crippen molar-refractivity contribution in [1.29, 1.82) is 0 Å². The van der Waals surface area contributed by atoms with Crippen LogP contribution < -0.4 is 0 Å². The number of fused-ring (bicyclic) bond motifs is 1. The van der Waals surface area contributed by atoms with Gasteiger partial charge in [0.2, 0.25) is 0 Å². The monoisotopic (exact) mass is 436 g/mol. The van der Waals surface area contributed by atoms with E-state index in [-0.39, 0.29) is 11.9 Å². The van der Waals surface area contributed by atoms with E-state index in [1.807, 2.05) is 55.3 Å². The standard InChI is InChI=1S/C25H29ClN4O/c1-17-27-23-8-3-4-9-24(23)30(17)15-19-11-10-18(14-22(19)26)25(31)28(2)21-12-13-29(16-21)20-6-5-7-20/h3-4,8-11,14,20-21H,5-7,12-13,15-16H2,1-2H3. The molecule has 1 amide bonds. The number of para-hydroxylation sites is 2. The molecule has 1 atom stereocenters. The molecule has 162 valence electrons. The van der Waals surface area contributed by atoms with E-state index in [9.17, 15) is 4.79 Å². The molecule has 5 rings (SSSR count). The molecule has 2 fully saturated rings. The van der Waals surface area contributed by atoms with Gasteiger partial charge in [0.1, 0.15) is 5.82 Å². The van der Waals surface area contributed by atoms with Crippen molar-refractivity contribution in [2.24, 2.45) is 0 Å². The van der Waals surface area contributed by atoms with Crippen LogP contribution >= 0.6 is 11.6 Å². The first kappa shape index (κ1) is 20.5. The van der Waals surface area contributed by atoms with Crippen LogP contribution in [0.15, 0.2) is 42.5 Å². The Bertz CT molecular complexity index is 1120. The van der Waals surface area contributed by atoms with Gasteiger partial charge < -0.3 is 9.47 Å². The van der Waals surface area contributed by atoms with Crippen LogP contribution in [0.5, 0.6) is 0 Å². The number of imidazole rings is 1. The first-order valence-electron chi connectivity index (χ1n) is 11.2. The molecular weight excluding hydrogens is 408 g/mol. The van der Waals surface area contributed by atoms with E-state index in [4.69, 9.17) is 11.6 Å². The smallest absolute Gasteiger partial charge is 0.253 e. The van der Waals surface area contributed by atoms with Crippen molar-refractivity contribution in [2.75, 3.05) is 20.1 Å². The third-order valence-corrected chi connectivity index (χ3v) is 7.48. The van der Waals surface area contributed by atoms with Crippen LogP contribution in [-0.4, -0.2) is 57.5 Å². The average molecular weight is 437 g/mol. The van der Waals surface area contributed by atoms with E-state index in [0.29, 0.717) is 17.1 Å². The second-order valence-corrected chi connectivity index (χ2v) is 9.39. The Morgan fingerprint density at radius 1 is 1.19 bits per heavy atom. The van der Waals surface area contributed by atoms with E-state index in [1.165, 1.54) is 19.3 Å². The van der Waals surface area contributed by atoms with Crippen molar-refractivity contribution in [2.45, 2.75) is 51.2 Å². The molecule has 3 aromatic rings. The van der Waals surface area contributed by atoms with Gasteiger partial charge in [0.05, 0.1) is 17.6 Å². The maximum absolute atomic E-state index is 13.1. The molecule has 0 N–H and O–H groups in total. The third-order valence-electron chi connectivity index (χ3n) is 7.13. The van der Waals surface area contributed by atoms with Gasteiger partial charge in [0.25, 0.3) is 5.91 Å². The number of likely N-dealkylation sites (tertiary alicyclic amines) is 1. The summed E-state index contributed by atoms with van der Waals surface area (Å²) in [4.78, 5) is 22.2. The van der Waals surface area contributed by atoms with Crippen molar-refractivity contribution < 1.29 is 4.79 Å². The number of benzene rings is 2. The number of halogens is 1. The second kappa shape index (κ2) is 8.29. The molecule has 6 heteroatoms. The van der Waals surface area contributed by atoms with Crippen LogP contribution in [-0.2, 0) is 6.54 Å². The molecule has 2 heterocycles. The number of rotatable bonds is 5. The molecule has 1 saturated heterocycles. The van der Waals surface area contributed by atoms with Crippen LogP contribution in [0, 0.1) is 6.92 Å². The summed E-state index contributed by atoms with van der Waals surface area (Å²) >= 11 is 6.64. The number of hydrogen-bond acceptors (Lipinski definition) is 3. The zero-order chi connectivity index (χ0) is 21.5. The molecular formula is C25H29ClN4O. The Labute approximate surface area is 188 Å². The van der Waals surface area contributed by atoms with Gasteiger partial charge in [-0.15, -0.1) is 0 Å². The molecule has 31 heavy (non-hydrogen) atoms. The van der Waals surface area contributed by atoms with Crippen molar-refractivity contribution in [3.63, 3.8) is 0 Å². The van der Waals surface area contributed by atoms with E-state index >= 15 is 0 Å². The minimum absolute atomic E-state index is 0.0539. The number of nitrogens with zero attached hydrogens (tertiary/aromatic N) is 4. The normalized spacial score (nSPS) is 19.6. The molecule has 5 nitrogen and oxygen atoms in total. The van der Waals surface area contributed by atoms with Gasteiger partial charge in [-0.25, -0.2) is 4.98 Å². The van der Waals surface area contributed by atoms with Crippen LogP contribution in [0.4, 0.5) is 0 Å². The minimum atomic E-state index is 0.0539. The minimum Gasteiger partial charge on any atom is -0.337 e. The first-order chi connectivity index (χ1) is 15.0. The average Bonchev–Trinajstić information content (AvgIpc) is 3.32. The predicted molar refractivity (Wildman–Crippen MR) is 125 cm³/mol. The van der Waals surface area contributed by atoms with Crippen molar-refractivity contribution in [3.8, 4) is 0 Å². The van der Waals surface area contributed by atoms with Crippen LogP contribution in [0.2, 0.25) is 5.02 Å². The predicted octanol–water partition coefficient (Wildman–Crippen LogP) is 4.75. The van der Waals surface area contributed by atoms with Crippen molar-refractivity contribution >= 4 is 28.5 Å². The van der Waals surface area contributed by atoms with Crippen LogP contribution in [0.25, 0.3) is 11.0 Å². The van der Waals surface area contributed by atoms with Gasteiger partial charge >= 0.3 is 0 Å². The highest BCUT2D eigenvalue weighted by molar-refractivity contribution is 6.31. The van der Waals surface area contributed by atoms with Gasteiger partial charge in [0, 0.05) is 42.8 Å². The Hall–Kier alpha value is -2.37. The molecule has 1 unspecified atom stereocenters. The van der Waals surface area contributed by atoms with Crippen molar-refractivity contribution in [1.82, 2.24) is 19.4 Å². The highest BCUT2D eigenvalue weighted by Crippen LogP contribution is 2.30. The van der Waals surface area contributed by atoms with Gasteiger partial charge in [-0.2, -0.15) is 0 Å². The largest absolute Gasteiger partial charge is 0.337 e. The summed E-state index contributed by atoms with van der Waals surface area (Å²) in [7, 11) is 1.93. The maximum atomic E-state index is 13.1. The Morgan fingerprint density at radius 2 is 2.00 bits per heavy atom. The number of carbonyl (C=O) groups excluding carboxylic acids is 1. The van der Waals surface area contributed by atoms with E-state index in [0.717, 1.165) is 48.0 Å².